The molecule has 3 aromatic rings. The van der Waals surface area contributed by atoms with Crippen LogP contribution in [0.1, 0.15) is 0 Å². The van der Waals surface area contributed by atoms with E-state index in [4.69, 9.17) is 11.6 Å². The molecule has 0 heterocycles. The highest BCUT2D eigenvalue weighted by molar-refractivity contribution is 7.92. The van der Waals surface area contributed by atoms with Crippen molar-refractivity contribution >= 4 is 44.4 Å². The van der Waals surface area contributed by atoms with Gasteiger partial charge in [0.2, 0.25) is 5.91 Å². The van der Waals surface area contributed by atoms with Crippen molar-refractivity contribution in [3.63, 3.8) is 0 Å². The van der Waals surface area contributed by atoms with E-state index in [-0.39, 0.29) is 4.90 Å². The van der Waals surface area contributed by atoms with Gasteiger partial charge in [0.05, 0.1) is 16.3 Å². The number of hydrogen-bond donors (Lipinski definition) is 1. The molecule has 0 saturated heterocycles. The third kappa shape index (κ3) is 5.48. The quantitative estimate of drug-likeness (QED) is 0.565. The molecule has 0 spiro atoms. The monoisotopic (exact) mass is 413 g/mol. The summed E-state index contributed by atoms with van der Waals surface area (Å²) in [5.74, 6) is -1.29. The van der Waals surface area contributed by atoms with Crippen LogP contribution in [0.3, 0.4) is 0 Å². The highest BCUT2D eigenvalue weighted by Gasteiger charge is 2.19. The molecule has 142 valence electrons. The summed E-state index contributed by atoms with van der Waals surface area (Å²) in [6.45, 7) is 0. The van der Waals surface area contributed by atoms with Crippen LogP contribution in [-0.4, -0.2) is 20.1 Å². The SMILES string of the molecule is O=C(CS(=O)(=O)c1ccc(Cl)cc1)Nc1ccc(N=Nc2ccccc2)cc1. The fourth-order valence-electron chi connectivity index (χ4n) is 2.32. The lowest BCUT2D eigenvalue weighted by Gasteiger charge is -2.07. The Morgan fingerprint density at radius 2 is 1.39 bits per heavy atom. The normalized spacial score (nSPS) is 11.5. The standard InChI is InChI=1S/C20H16ClN3O3S/c21-15-6-12-19(13-7-15)28(26,27)14-20(25)22-16-8-10-18(11-9-16)24-23-17-4-2-1-3-5-17/h1-13H,14H2,(H,22,25). The predicted octanol–water partition coefficient (Wildman–Crippen LogP) is 5.17. The number of rotatable bonds is 6. The molecule has 0 aromatic heterocycles. The molecule has 0 saturated carbocycles. The highest BCUT2D eigenvalue weighted by Crippen LogP contribution is 2.20. The van der Waals surface area contributed by atoms with Crippen LogP contribution in [0.25, 0.3) is 0 Å². The first-order chi connectivity index (χ1) is 13.4. The molecule has 28 heavy (non-hydrogen) atoms. The van der Waals surface area contributed by atoms with Crippen LogP contribution in [0.15, 0.2) is 94.0 Å². The van der Waals surface area contributed by atoms with Crippen molar-refractivity contribution in [2.75, 3.05) is 11.1 Å². The van der Waals surface area contributed by atoms with Gasteiger partial charge in [-0.15, -0.1) is 0 Å². The van der Waals surface area contributed by atoms with E-state index in [0.717, 1.165) is 5.69 Å². The lowest BCUT2D eigenvalue weighted by Crippen LogP contribution is -2.22. The van der Waals surface area contributed by atoms with E-state index in [2.05, 4.69) is 15.5 Å². The second kappa shape index (κ2) is 8.77. The third-order valence-electron chi connectivity index (χ3n) is 3.68. The minimum absolute atomic E-state index is 0.0451. The molecule has 1 N–H and O–H groups in total. The van der Waals surface area contributed by atoms with Crippen LogP contribution in [-0.2, 0) is 14.6 Å². The zero-order valence-electron chi connectivity index (χ0n) is 14.6. The van der Waals surface area contributed by atoms with Gasteiger partial charge in [-0.3, -0.25) is 4.79 Å². The lowest BCUT2D eigenvalue weighted by atomic mass is 10.3. The third-order valence-corrected chi connectivity index (χ3v) is 5.57. The summed E-state index contributed by atoms with van der Waals surface area (Å²) < 4.78 is 24.6. The molecular weight excluding hydrogens is 398 g/mol. The minimum Gasteiger partial charge on any atom is -0.325 e. The number of nitrogens with one attached hydrogen (secondary N) is 1. The Morgan fingerprint density at radius 3 is 2.00 bits per heavy atom. The van der Waals surface area contributed by atoms with Crippen molar-refractivity contribution < 1.29 is 13.2 Å². The largest absolute Gasteiger partial charge is 0.325 e. The van der Waals surface area contributed by atoms with Gasteiger partial charge in [-0.25, -0.2) is 8.42 Å². The molecule has 1 amide bonds. The van der Waals surface area contributed by atoms with Crippen molar-refractivity contribution in [1.29, 1.82) is 0 Å². The molecule has 0 atom stereocenters. The number of halogens is 1. The maximum atomic E-state index is 12.3. The average molecular weight is 414 g/mol. The van der Waals surface area contributed by atoms with E-state index in [1.165, 1.54) is 24.3 Å². The molecule has 0 aliphatic heterocycles. The summed E-state index contributed by atoms with van der Waals surface area (Å²) in [4.78, 5) is 12.2. The number of carbonyl (C=O) groups is 1. The summed E-state index contributed by atoms with van der Waals surface area (Å²) in [6, 6.07) is 21.6. The van der Waals surface area contributed by atoms with E-state index >= 15 is 0 Å². The number of benzene rings is 3. The van der Waals surface area contributed by atoms with Gasteiger partial charge in [0.25, 0.3) is 0 Å². The molecule has 0 aliphatic carbocycles. The Labute approximate surface area is 167 Å². The molecule has 0 aliphatic rings. The summed E-state index contributed by atoms with van der Waals surface area (Å²) in [5, 5.41) is 11.2. The van der Waals surface area contributed by atoms with Gasteiger partial charge < -0.3 is 5.32 Å². The van der Waals surface area contributed by atoms with E-state index in [9.17, 15) is 13.2 Å². The molecule has 3 rings (SSSR count). The average Bonchev–Trinajstić information content (AvgIpc) is 2.68. The van der Waals surface area contributed by atoms with Gasteiger partial charge in [-0.1, -0.05) is 29.8 Å². The summed E-state index contributed by atoms with van der Waals surface area (Å²) in [5.41, 5.74) is 1.80. The highest BCUT2D eigenvalue weighted by atomic mass is 35.5. The first-order valence-electron chi connectivity index (χ1n) is 8.27. The number of hydrogen-bond acceptors (Lipinski definition) is 5. The molecule has 3 aromatic carbocycles. The van der Waals surface area contributed by atoms with Gasteiger partial charge in [-0.2, -0.15) is 10.2 Å². The van der Waals surface area contributed by atoms with Gasteiger partial charge in [0.1, 0.15) is 5.75 Å². The lowest BCUT2D eigenvalue weighted by molar-refractivity contribution is -0.113. The van der Waals surface area contributed by atoms with Crippen molar-refractivity contribution in [3.8, 4) is 0 Å². The Bertz CT molecular complexity index is 1080. The number of carbonyl (C=O) groups excluding carboxylic acids is 1. The number of nitrogens with zero attached hydrogens (tertiary/aromatic N) is 2. The van der Waals surface area contributed by atoms with Crippen LogP contribution < -0.4 is 5.32 Å². The molecule has 0 unspecified atom stereocenters. The second-order valence-electron chi connectivity index (χ2n) is 5.84. The first kappa shape index (κ1) is 19.7. The van der Waals surface area contributed by atoms with E-state index in [1.54, 1.807) is 24.3 Å². The number of anilines is 1. The molecule has 0 fully saturated rings. The Balaban J connectivity index is 1.61. The van der Waals surface area contributed by atoms with Crippen LogP contribution in [0.5, 0.6) is 0 Å². The minimum atomic E-state index is -3.75. The number of azo groups is 1. The van der Waals surface area contributed by atoms with Crippen molar-refractivity contribution in [3.05, 3.63) is 83.9 Å². The maximum Gasteiger partial charge on any atom is 0.239 e. The fourth-order valence-corrected chi connectivity index (χ4v) is 3.58. The Kier molecular flexibility index (Phi) is 6.18. The zero-order chi connectivity index (χ0) is 20.0. The second-order valence-corrected chi connectivity index (χ2v) is 8.27. The van der Waals surface area contributed by atoms with E-state index in [0.29, 0.717) is 16.4 Å². The smallest absolute Gasteiger partial charge is 0.239 e. The molecule has 8 heteroatoms. The van der Waals surface area contributed by atoms with Gasteiger partial charge in [0, 0.05) is 10.7 Å². The summed E-state index contributed by atoms with van der Waals surface area (Å²) in [6.07, 6.45) is 0. The molecule has 6 nitrogen and oxygen atoms in total. The van der Waals surface area contributed by atoms with Crippen molar-refractivity contribution in [1.82, 2.24) is 0 Å². The first-order valence-corrected chi connectivity index (χ1v) is 10.3. The molecular formula is C20H16ClN3O3S. The summed E-state index contributed by atoms with van der Waals surface area (Å²) >= 11 is 5.76. The van der Waals surface area contributed by atoms with Crippen LogP contribution in [0.2, 0.25) is 5.02 Å². The predicted molar refractivity (Wildman–Crippen MR) is 109 cm³/mol. The van der Waals surface area contributed by atoms with Crippen LogP contribution >= 0.6 is 11.6 Å². The summed E-state index contributed by atoms with van der Waals surface area (Å²) in [7, 11) is -3.75. The van der Waals surface area contributed by atoms with Crippen molar-refractivity contribution in [2.24, 2.45) is 10.2 Å². The number of sulfone groups is 1. The zero-order valence-corrected chi connectivity index (χ0v) is 16.2. The molecule has 0 radical (unpaired) electrons. The number of amides is 1. The topological polar surface area (TPSA) is 88.0 Å². The van der Waals surface area contributed by atoms with Gasteiger partial charge in [0.15, 0.2) is 9.84 Å². The van der Waals surface area contributed by atoms with Crippen LogP contribution in [0.4, 0.5) is 17.1 Å². The molecule has 0 bridgehead atoms. The van der Waals surface area contributed by atoms with E-state index in [1.807, 2.05) is 30.3 Å². The maximum absolute atomic E-state index is 12.3. The van der Waals surface area contributed by atoms with Gasteiger partial charge in [-0.05, 0) is 60.7 Å². The fraction of sp³-hybridized carbons (Fsp3) is 0.0500. The van der Waals surface area contributed by atoms with E-state index < -0.39 is 21.5 Å². The van der Waals surface area contributed by atoms with Crippen molar-refractivity contribution in [2.45, 2.75) is 4.90 Å². The Morgan fingerprint density at radius 1 is 0.821 bits per heavy atom. The van der Waals surface area contributed by atoms with Gasteiger partial charge >= 0.3 is 0 Å². The van der Waals surface area contributed by atoms with Crippen LogP contribution in [0, 0.1) is 0 Å². The Hall–Kier alpha value is -3.03.